The van der Waals surface area contributed by atoms with E-state index in [2.05, 4.69) is 18.4 Å². The van der Waals surface area contributed by atoms with Gasteiger partial charge in [-0.25, -0.2) is 8.42 Å². The molecule has 0 fully saturated rings. The Balaban J connectivity index is 1.70. The molecule has 1 atom stereocenters. The van der Waals surface area contributed by atoms with Crippen LogP contribution in [0.2, 0.25) is 0 Å². The normalized spacial score (nSPS) is 17.3. The van der Waals surface area contributed by atoms with Gasteiger partial charge in [-0.1, -0.05) is 26.0 Å². The SMILES string of the molecule is CCN(CC)S(=O)(=O)c1ccc(/C=C/C(=O)N2CCc3sccc3[C@@H]2C)cc1. The van der Waals surface area contributed by atoms with Crippen LogP contribution in [0.5, 0.6) is 0 Å². The van der Waals surface area contributed by atoms with E-state index in [1.165, 1.54) is 14.7 Å². The zero-order valence-corrected chi connectivity index (χ0v) is 18.1. The van der Waals surface area contributed by atoms with Gasteiger partial charge in [0.2, 0.25) is 15.9 Å². The van der Waals surface area contributed by atoms with E-state index in [9.17, 15) is 13.2 Å². The first kappa shape index (κ1) is 20.8. The number of sulfonamides is 1. The number of nitrogens with zero attached hydrogens (tertiary/aromatic N) is 2. The molecular formula is C21H26N2O3S2. The second kappa shape index (κ2) is 8.59. The van der Waals surface area contributed by atoms with Crippen molar-refractivity contribution in [3.8, 4) is 0 Å². The zero-order chi connectivity index (χ0) is 20.3. The topological polar surface area (TPSA) is 57.7 Å². The smallest absolute Gasteiger partial charge is 0.247 e. The Hall–Kier alpha value is -1.96. The van der Waals surface area contributed by atoms with Crippen LogP contribution < -0.4 is 0 Å². The summed E-state index contributed by atoms with van der Waals surface area (Å²) in [6.45, 7) is 7.31. The fourth-order valence-corrected chi connectivity index (χ4v) is 5.96. The number of carbonyl (C=O) groups is 1. The molecule has 0 saturated carbocycles. The van der Waals surface area contributed by atoms with Crippen LogP contribution in [0.3, 0.4) is 0 Å². The molecule has 1 aromatic carbocycles. The van der Waals surface area contributed by atoms with E-state index in [1.54, 1.807) is 47.8 Å². The van der Waals surface area contributed by atoms with Crippen LogP contribution in [0.25, 0.3) is 6.08 Å². The van der Waals surface area contributed by atoms with Crippen molar-refractivity contribution in [2.24, 2.45) is 0 Å². The van der Waals surface area contributed by atoms with Crippen molar-refractivity contribution in [3.63, 3.8) is 0 Å². The largest absolute Gasteiger partial charge is 0.332 e. The highest BCUT2D eigenvalue weighted by Crippen LogP contribution is 2.32. The van der Waals surface area contributed by atoms with E-state index >= 15 is 0 Å². The van der Waals surface area contributed by atoms with Crippen molar-refractivity contribution >= 4 is 33.3 Å². The minimum atomic E-state index is -3.46. The Morgan fingerprint density at radius 3 is 2.54 bits per heavy atom. The van der Waals surface area contributed by atoms with Gasteiger partial charge in [-0.3, -0.25) is 4.79 Å². The number of thiophene rings is 1. The number of fused-ring (bicyclic) bond motifs is 1. The van der Waals surface area contributed by atoms with Crippen molar-refractivity contribution in [1.82, 2.24) is 9.21 Å². The molecule has 0 N–H and O–H groups in total. The Kier molecular flexibility index (Phi) is 6.37. The van der Waals surface area contributed by atoms with Crippen LogP contribution >= 0.6 is 11.3 Å². The minimum Gasteiger partial charge on any atom is -0.332 e. The molecule has 0 aliphatic carbocycles. The highest BCUT2D eigenvalue weighted by Gasteiger charge is 2.27. The summed E-state index contributed by atoms with van der Waals surface area (Å²) >= 11 is 1.75. The molecule has 2 aromatic rings. The molecule has 7 heteroatoms. The summed E-state index contributed by atoms with van der Waals surface area (Å²) in [5.74, 6) is -0.0239. The summed E-state index contributed by atoms with van der Waals surface area (Å²) in [5.41, 5.74) is 2.04. The molecule has 1 aliphatic heterocycles. The van der Waals surface area contributed by atoms with Crippen LogP contribution in [0.4, 0.5) is 0 Å². The molecule has 28 heavy (non-hydrogen) atoms. The second-order valence-corrected chi connectivity index (χ2v) is 9.69. The third-order valence-corrected chi connectivity index (χ3v) is 8.26. The summed E-state index contributed by atoms with van der Waals surface area (Å²) in [6, 6.07) is 8.84. The highest BCUT2D eigenvalue weighted by molar-refractivity contribution is 7.89. The molecule has 150 valence electrons. The van der Waals surface area contributed by atoms with Gasteiger partial charge in [0, 0.05) is 30.6 Å². The maximum absolute atomic E-state index is 12.6. The fourth-order valence-electron chi connectivity index (χ4n) is 3.54. The van der Waals surface area contributed by atoms with Gasteiger partial charge < -0.3 is 4.90 Å². The lowest BCUT2D eigenvalue weighted by molar-refractivity contribution is -0.128. The van der Waals surface area contributed by atoms with Crippen molar-refractivity contribution < 1.29 is 13.2 Å². The monoisotopic (exact) mass is 418 g/mol. The van der Waals surface area contributed by atoms with Gasteiger partial charge in [-0.2, -0.15) is 4.31 Å². The van der Waals surface area contributed by atoms with Gasteiger partial charge >= 0.3 is 0 Å². The van der Waals surface area contributed by atoms with Gasteiger partial charge in [0.1, 0.15) is 0 Å². The molecule has 1 aromatic heterocycles. The second-order valence-electron chi connectivity index (χ2n) is 6.75. The van der Waals surface area contributed by atoms with Crippen LogP contribution in [0, 0.1) is 0 Å². The molecular weight excluding hydrogens is 392 g/mol. The van der Waals surface area contributed by atoms with Crippen LogP contribution in [-0.2, 0) is 21.2 Å². The summed E-state index contributed by atoms with van der Waals surface area (Å²) in [5, 5.41) is 2.08. The summed E-state index contributed by atoms with van der Waals surface area (Å²) < 4.78 is 26.5. The standard InChI is InChI=1S/C21H26N2O3S2/c1-4-22(5-2)28(25,26)18-9-6-17(7-10-18)8-11-21(24)23-14-12-20-19(16(23)3)13-15-27-20/h6-11,13,15-16H,4-5,12,14H2,1-3H3/b11-8+/t16-/m0/s1. The first-order chi connectivity index (χ1) is 13.4. The molecule has 2 heterocycles. The van der Waals surface area contributed by atoms with Crippen LogP contribution in [0.1, 0.15) is 42.8 Å². The third-order valence-electron chi connectivity index (χ3n) is 5.20. The maximum atomic E-state index is 12.6. The van der Waals surface area contributed by atoms with E-state index in [4.69, 9.17) is 0 Å². The quantitative estimate of drug-likeness (QED) is 0.668. The summed E-state index contributed by atoms with van der Waals surface area (Å²) in [6.07, 6.45) is 4.21. The lowest BCUT2D eigenvalue weighted by Crippen LogP contribution is -2.37. The zero-order valence-electron chi connectivity index (χ0n) is 16.5. The molecule has 0 unspecified atom stereocenters. The predicted octanol–water partition coefficient (Wildman–Crippen LogP) is 3.94. The molecule has 3 rings (SSSR count). The molecule has 0 spiro atoms. The molecule has 1 amide bonds. The summed E-state index contributed by atoms with van der Waals surface area (Å²) in [4.78, 5) is 16.2. The number of amides is 1. The van der Waals surface area contributed by atoms with Gasteiger partial charge in [-0.05, 0) is 54.1 Å². The van der Waals surface area contributed by atoms with E-state index in [0.29, 0.717) is 13.1 Å². The first-order valence-corrected chi connectivity index (χ1v) is 11.9. The Labute approximate surface area is 171 Å². The molecule has 0 radical (unpaired) electrons. The first-order valence-electron chi connectivity index (χ1n) is 9.53. The Morgan fingerprint density at radius 1 is 1.21 bits per heavy atom. The van der Waals surface area contributed by atoms with Gasteiger partial charge in [0.25, 0.3) is 0 Å². The number of carbonyl (C=O) groups excluding carboxylic acids is 1. The Morgan fingerprint density at radius 2 is 1.89 bits per heavy atom. The lowest BCUT2D eigenvalue weighted by Gasteiger charge is -2.32. The van der Waals surface area contributed by atoms with Crippen LogP contribution in [-0.4, -0.2) is 43.2 Å². The third kappa shape index (κ3) is 4.06. The maximum Gasteiger partial charge on any atom is 0.247 e. The molecule has 1 aliphatic rings. The van der Waals surface area contributed by atoms with Gasteiger partial charge in [0.05, 0.1) is 10.9 Å². The average molecular weight is 419 g/mol. The van der Waals surface area contributed by atoms with Crippen molar-refractivity contribution in [2.45, 2.75) is 38.1 Å². The van der Waals surface area contributed by atoms with E-state index in [0.717, 1.165) is 18.5 Å². The Bertz CT molecular complexity index is 958. The molecule has 5 nitrogen and oxygen atoms in total. The summed E-state index contributed by atoms with van der Waals surface area (Å²) in [7, 11) is -3.46. The molecule has 0 bridgehead atoms. The lowest BCUT2D eigenvalue weighted by atomic mass is 10.0. The minimum absolute atomic E-state index is 0.0239. The predicted molar refractivity (Wildman–Crippen MR) is 114 cm³/mol. The average Bonchev–Trinajstić information content (AvgIpc) is 3.17. The number of benzene rings is 1. The highest BCUT2D eigenvalue weighted by atomic mass is 32.2. The number of rotatable bonds is 6. The fraction of sp³-hybridized carbons (Fsp3) is 0.381. The van der Waals surface area contributed by atoms with E-state index in [-0.39, 0.29) is 16.8 Å². The van der Waals surface area contributed by atoms with Crippen LogP contribution in [0.15, 0.2) is 46.7 Å². The number of hydrogen-bond donors (Lipinski definition) is 0. The van der Waals surface area contributed by atoms with Gasteiger partial charge in [0.15, 0.2) is 0 Å². The van der Waals surface area contributed by atoms with Crippen molar-refractivity contribution in [3.05, 3.63) is 57.8 Å². The van der Waals surface area contributed by atoms with E-state index < -0.39 is 10.0 Å². The van der Waals surface area contributed by atoms with Gasteiger partial charge in [-0.15, -0.1) is 11.3 Å². The van der Waals surface area contributed by atoms with Crippen molar-refractivity contribution in [2.75, 3.05) is 19.6 Å². The number of hydrogen-bond acceptors (Lipinski definition) is 4. The van der Waals surface area contributed by atoms with Crippen molar-refractivity contribution in [1.29, 1.82) is 0 Å². The van der Waals surface area contributed by atoms with E-state index in [1.807, 2.05) is 18.7 Å². The molecule has 0 saturated heterocycles.